The fourth-order valence-corrected chi connectivity index (χ4v) is 2.73. The van der Waals surface area contributed by atoms with Crippen LogP contribution >= 0.6 is 0 Å². The van der Waals surface area contributed by atoms with E-state index in [9.17, 15) is 4.79 Å². The van der Waals surface area contributed by atoms with E-state index in [1.807, 2.05) is 30.3 Å². The molecule has 1 rings (SSSR count). The number of hydrogen-bond donors (Lipinski definition) is 1. The molecule has 0 fully saturated rings. The van der Waals surface area contributed by atoms with Crippen molar-refractivity contribution in [2.75, 3.05) is 26.9 Å². The molecule has 0 saturated carbocycles. The quantitative estimate of drug-likeness (QED) is 0.354. The van der Waals surface area contributed by atoms with Gasteiger partial charge in [-0.15, -0.1) is 0 Å². The van der Waals surface area contributed by atoms with Gasteiger partial charge in [-0.2, -0.15) is 0 Å². The molecule has 4 nitrogen and oxygen atoms in total. The van der Waals surface area contributed by atoms with E-state index in [1.165, 1.54) is 32.1 Å². The first-order valence-electron chi connectivity index (χ1n) is 9.57. The smallest absolute Gasteiger partial charge is 0.162 e. The highest BCUT2D eigenvalue weighted by molar-refractivity contribution is 5.95. The SMILES string of the molecule is COC(CO)COCCCCCCCCCCC(=O)c1ccccc1. The molecular weight excluding hydrogens is 316 g/mol. The van der Waals surface area contributed by atoms with Crippen LogP contribution in [-0.2, 0) is 9.47 Å². The normalized spacial score (nSPS) is 12.2. The Hall–Kier alpha value is -1.23. The van der Waals surface area contributed by atoms with Crippen LogP contribution in [0.1, 0.15) is 68.1 Å². The molecule has 25 heavy (non-hydrogen) atoms. The van der Waals surface area contributed by atoms with Gasteiger partial charge in [0, 0.05) is 25.7 Å². The van der Waals surface area contributed by atoms with Crippen LogP contribution in [0.25, 0.3) is 0 Å². The Labute approximate surface area is 152 Å². The lowest BCUT2D eigenvalue weighted by Crippen LogP contribution is -2.22. The number of methoxy groups -OCH3 is 1. The zero-order valence-corrected chi connectivity index (χ0v) is 15.6. The van der Waals surface area contributed by atoms with E-state index in [1.54, 1.807) is 7.11 Å². The minimum absolute atomic E-state index is 0.00739. The first-order valence-corrected chi connectivity index (χ1v) is 9.57. The maximum atomic E-state index is 12.0. The molecule has 1 aromatic carbocycles. The van der Waals surface area contributed by atoms with Crippen molar-refractivity contribution in [2.24, 2.45) is 0 Å². The van der Waals surface area contributed by atoms with Gasteiger partial charge in [0.05, 0.1) is 13.2 Å². The average Bonchev–Trinajstić information content (AvgIpc) is 2.66. The van der Waals surface area contributed by atoms with Crippen LogP contribution in [0.5, 0.6) is 0 Å². The molecule has 0 saturated heterocycles. The number of carbonyl (C=O) groups is 1. The van der Waals surface area contributed by atoms with Crippen LogP contribution < -0.4 is 0 Å². The topological polar surface area (TPSA) is 55.8 Å². The number of aliphatic hydroxyl groups excluding tert-OH is 1. The van der Waals surface area contributed by atoms with Crippen LogP contribution in [0.2, 0.25) is 0 Å². The molecule has 1 unspecified atom stereocenters. The fourth-order valence-electron chi connectivity index (χ4n) is 2.73. The Morgan fingerprint density at radius 3 is 2.16 bits per heavy atom. The summed E-state index contributed by atoms with van der Waals surface area (Å²) >= 11 is 0. The Morgan fingerprint density at radius 1 is 0.960 bits per heavy atom. The molecule has 1 N–H and O–H groups in total. The van der Waals surface area contributed by atoms with E-state index in [4.69, 9.17) is 14.6 Å². The maximum Gasteiger partial charge on any atom is 0.162 e. The van der Waals surface area contributed by atoms with E-state index in [0.717, 1.165) is 31.4 Å². The van der Waals surface area contributed by atoms with Gasteiger partial charge in [0.25, 0.3) is 0 Å². The van der Waals surface area contributed by atoms with Gasteiger partial charge in [-0.25, -0.2) is 0 Å². The molecule has 1 aromatic rings. The van der Waals surface area contributed by atoms with Gasteiger partial charge in [0.2, 0.25) is 0 Å². The lowest BCUT2D eigenvalue weighted by atomic mass is 10.0. The highest BCUT2D eigenvalue weighted by atomic mass is 16.5. The second kappa shape index (κ2) is 15.1. The molecule has 0 radical (unpaired) electrons. The molecule has 0 bridgehead atoms. The second-order valence-electron chi connectivity index (χ2n) is 6.48. The molecule has 0 aliphatic rings. The number of carbonyl (C=O) groups excluding carboxylic acids is 1. The van der Waals surface area contributed by atoms with Gasteiger partial charge < -0.3 is 14.6 Å². The molecular formula is C21H34O4. The summed E-state index contributed by atoms with van der Waals surface area (Å²) in [5.41, 5.74) is 0.834. The standard InChI is InChI=1S/C21H34O4/c1-24-20(17-22)18-25-16-12-7-5-3-2-4-6-11-15-21(23)19-13-9-8-10-14-19/h8-10,13-14,20,22H,2-7,11-12,15-18H2,1H3. The van der Waals surface area contributed by atoms with Crippen molar-refractivity contribution in [2.45, 2.75) is 63.9 Å². The summed E-state index contributed by atoms with van der Waals surface area (Å²) in [6, 6.07) is 9.56. The molecule has 1 atom stereocenters. The average molecular weight is 350 g/mol. The third kappa shape index (κ3) is 11.1. The molecule has 0 heterocycles. The molecule has 0 aliphatic heterocycles. The molecule has 0 spiro atoms. The van der Waals surface area contributed by atoms with Crippen LogP contribution in [0.4, 0.5) is 0 Å². The molecule has 0 aromatic heterocycles. The Bertz CT molecular complexity index is 429. The zero-order valence-electron chi connectivity index (χ0n) is 15.6. The summed E-state index contributed by atoms with van der Waals surface area (Å²) in [6.45, 7) is 1.21. The first kappa shape index (κ1) is 21.8. The Balaban J connectivity index is 1.84. The second-order valence-corrected chi connectivity index (χ2v) is 6.48. The fraction of sp³-hybridized carbons (Fsp3) is 0.667. The number of ketones is 1. The van der Waals surface area contributed by atoms with Gasteiger partial charge in [-0.05, 0) is 12.8 Å². The Morgan fingerprint density at radius 2 is 1.56 bits per heavy atom. The van der Waals surface area contributed by atoms with Crippen LogP contribution in [0, 0.1) is 0 Å². The number of ether oxygens (including phenoxy) is 2. The maximum absolute atomic E-state index is 12.0. The van der Waals surface area contributed by atoms with Crippen molar-refractivity contribution in [1.29, 1.82) is 0 Å². The van der Waals surface area contributed by atoms with Crippen LogP contribution in [-0.4, -0.2) is 43.9 Å². The largest absolute Gasteiger partial charge is 0.394 e. The molecule has 0 amide bonds. The third-order valence-electron chi connectivity index (χ3n) is 4.38. The number of unbranched alkanes of at least 4 members (excludes halogenated alkanes) is 7. The number of benzene rings is 1. The zero-order chi connectivity index (χ0) is 18.2. The Kier molecular flexibility index (Phi) is 13.1. The number of aliphatic hydroxyl groups is 1. The number of hydrogen-bond acceptors (Lipinski definition) is 4. The van der Waals surface area contributed by atoms with E-state index in [2.05, 4.69) is 0 Å². The predicted octanol–water partition coefficient (Wildman–Crippen LogP) is 4.40. The summed E-state index contributed by atoms with van der Waals surface area (Å²) in [5.74, 6) is 0.262. The monoisotopic (exact) mass is 350 g/mol. The van der Waals surface area contributed by atoms with Gasteiger partial charge in [-0.3, -0.25) is 4.79 Å². The minimum Gasteiger partial charge on any atom is -0.394 e. The first-order chi connectivity index (χ1) is 12.3. The van der Waals surface area contributed by atoms with Crippen molar-refractivity contribution in [3.8, 4) is 0 Å². The third-order valence-corrected chi connectivity index (χ3v) is 4.38. The van der Waals surface area contributed by atoms with Crippen molar-refractivity contribution in [3.05, 3.63) is 35.9 Å². The van der Waals surface area contributed by atoms with Crippen molar-refractivity contribution in [1.82, 2.24) is 0 Å². The van der Waals surface area contributed by atoms with E-state index >= 15 is 0 Å². The van der Waals surface area contributed by atoms with Crippen LogP contribution in [0.15, 0.2) is 30.3 Å². The number of rotatable bonds is 16. The van der Waals surface area contributed by atoms with E-state index in [-0.39, 0.29) is 18.5 Å². The lowest BCUT2D eigenvalue weighted by molar-refractivity contribution is -0.0205. The molecule has 4 heteroatoms. The predicted molar refractivity (Wildman–Crippen MR) is 101 cm³/mol. The van der Waals surface area contributed by atoms with Crippen molar-refractivity contribution >= 4 is 5.78 Å². The minimum atomic E-state index is -0.200. The highest BCUT2D eigenvalue weighted by Crippen LogP contribution is 2.12. The summed E-state index contributed by atoms with van der Waals surface area (Å²) in [7, 11) is 1.59. The molecule has 0 aliphatic carbocycles. The van der Waals surface area contributed by atoms with Crippen LogP contribution in [0.3, 0.4) is 0 Å². The molecule has 142 valence electrons. The summed E-state index contributed by atoms with van der Waals surface area (Å²) in [4.78, 5) is 12.0. The summed E-state index contributed by atoms with van der Waals surface area (Å²) < 4.78 is 10.5. The van der Waals surface area contributed by atoms with Gasteiger partial charge in [0.1, 0.15) is 6.10 Å². The van der Waals surface area contributed by atoms with E-state index in [0.29, 0.717) is 13.0 Å². The number of Topliss-reactive ketones (excluding diaryl/α,β-unsaturated/α-hetero) is 1. The lowest BCUT2D eigenvalue weighted by Gasteiger charge is -2.12. The van der Waals surface area contributed by atoms with Gasteiger partial charge >= 0.3 is 0 Å². The highest BCUT2D eigenvalue weighted by Gasteiger charge is 2.05. The summed E-state index contributed by atoms with van der Waals surface area (Å²) in [6.07, 6.45) is 9.79. The van der Waals surface area contributed by atoms with E-state index < -0.39 is 0 Å². The van der Waals surface area contributed by atoms with Crippen molar-refractivity contribution in [3.63, 3.8) is 0 Å². The van der Waals surface area contributed by atoms with Crippen molar-refractivity contribution < 1.29 is 19.4 Å². The summed E-state index contributed by atoms with van der Waals surface area (Å²) in [5, 5.41) is 8.95. The van der Waals surface area contributed by atoms with Gasteiger partial charge in [-0.1, -0.05) is 68.9 Å². The van der Waals surface area contributed by atoms with Gasteiger partial charge in [0.15, 0.2) is 5.78 Å².